The average Bonchev–Trinajstić information content (AvgIpc) is 2.69. The highest BCUT2D eigenvalue weighted by Gasteiger charge is 2.21. The molecule has 0 saturated heterocycles. The molecule has 7 heteroatoms. The summed E-state index contributed by atoms with van der Waals surface area (Å²) >= 11 is 0. The highest BCUT2D eigenvalue weighted by atomic mass is 16.4. The second kappa shape index (κ2) is 13.7. The molecule has 0 radical (unpaired) electrons. The van der Waals surface area contributed by atoms with Crippen LogP contribution in [0.2, 0.25) is 0 Å². The molecule has 0 fully saturated rings. The monoisotopic (exact) mass is 405 g/mol. The zero-order valence-electron chi connectivity index (χ0n) is 17.6. The Balaban J connectivity index is 2.29. The molecule has 2 amide bonds. The predicted molar refractivity (Wildman–Crippen MR) is 113 cm³/mol. The van der Waals surface area contributed by atoms with Crippen molar-refractivity contribution in [1.82, 2.24) is 10.6 Å². The number of carboxylic acid groups (broad SMARTS) is 1. The van der Waals surface area contributed by atoms with Gasteiger partial charge in [-0.05, 0) is 30.9 Å². The minimum Gasteiger partial charge on any atom is -0.480 e. The highest BCUT2D eigenvalue weighted by Crippen LogP contribution is 2.11. The molecule has 0 spiro atoms. The summed E-state index contributed by atoms with van der Waals surface area (Å²) in [4.78, 5) is 34.5. The van der Waals surface area contributed by atoms with E-state index in [1.54, 1.807) is 0 Å². The number of amides is 2. The maximum Gasteiger partial charge on any atom is 0.325 e. The standard InChI is InChI=1S/C22H35N3O4/c1-3-4-5-6-7-8-9-17-10-12-18(13-11-17)15-24-20(26)14-19(23)21(27)25-16(2)22(28)29/h10-13,16,19H,3-9,14-15,23H2,1-2H3,(H,24,26)(H,25,27)(H,28,29). The number of aliphatic carboxylic acids is 1. The molecule has 7 nitrogen and oxygen atoms in total. The molecule has 1 aromatic rings. The lowest BCUT2D eigenvalue weighted by Crippen LogP contribution is -2.48. The summed E-state index contributed by atoms with van der Waals surface area (Å²) in [6.07, 6.45) is 8.52. The predicted octanol–water partition coefficient (Wildman–Crippen LogP) is 2.51. The fourth-order valence-corrected chi connectivity index (χ4v) is 2.88. The van der Waals surface area contributed by atoms with Gasteiger partial charge in [-0.2, -0.15) is 0 Å². The number of carboxylic acids is 1. The first-order valence-corrected chi connectivity index (χ1v) is 10.5. The molecule has 162 valence electrons. The SMILES string of the molecule is CCCCCCCCc1ccc(CNC(=O)CC(N)C(=O)NC(C)C(=O)O)cc1. The van der Waals surface area contributed by atoms with Crippen LogP contribution in [0.1, 0.15) is 69.9 Å². The van der Waals surface area contributed by atoms with Gasteiger partial charge in [0.15, 0.2) is 0 Å². The van der Waals surface area contributed by atoms with Crippen molar-refractivity contribution < 1.29 is 19.5 Å². The van der Waals surface area contributed by atoms with Gasteiger partial charge in [0.25, 0.3) is 0 Å². The molecule has 0 aliphatic heterocycles. The normalized spacial score (nSPS) is 12.8. The Morgan fingerprint density at radius 2 is 1.59 bits per heavy atom. The van der Waals surface area contributed by atoms with Crippen LogP contribution in [0.5, 0.6) is 0 Å². The first kappa shape index (κ1) is 24.6. The maximum absolute atomic E-state index is 12.0. The zero-order chi connectivity index (χ0) is 21.6. The van der Waals surface area contributed by atoms with Crippen LogP contribution in [0.4, 0.5) is 0 Å². The number of aryl methyl sites for hydroxylation is 1. The summed E-state index contributed by atoms with van der Waals surface area (Å²) < 4.78 is 0. The summed E-state index contributed by atoms with van der Waals surface area (Å²) in [7, 11) is 0. The van der Waals surface area contributed by atoms with Gasteiger partial charge in [-0.1, -0.05) is 63.3 Å². The van der Waals surface area contributed by atoms with E-state index >= 15 is 0 Å². The van der Waals surface area contributed by atoms with E-state index in [4.69, 9.17) is 10.8 Å². The number of hydrogen-bond donors (Lipinski definition) is 4. The molecule has 0 aliphatic rings. The van der Waals surface area contributed by atoms with Crippen LogP contribution in [0.25, 0.3) is 0 Å². The molecule has 0 heterocycles. The van der Waals surface area contributed by atoms with Crippen molar-refractivity contribution in [2.24, 2.45) is 5.73 Å². The lowest BCUT2D eigenvalue weighted by atomic mass is 10.0. The third-order valence-corrected chi connectivity index (χ3v) is 4.80. The number of carbonyl (C=O) groups excluding carboxylic acids is 2. The van der Waals surface area contributed by atoms with E-state index in [1.165, 1.54) is 51.0 Å². The Morgan fingerprint density at radius 3 is 2.21 bits per heavy atom. The highest BCUT2D eigenvalue weighted by molar-refractivity contribution is 5.90. The van der Waals surface area contributed by atoms with Crippen LogP contribution in [-0.4, -0.2) is 35.0 Å². The van der Waals surface area contributed by atoms with E-state index in [2.05, 4.69) is 29.7 Å². The van der Waals surface area contributed by atoms with E-state index in [1.807, 2.05) is 12.1 Å². The van der Waals surface area contributed by atoms with E-state index < -0.39 is 24.0 Å². The van der Waals surface area contributed by atoms with Crippen molar-refractivity contribution in [3.8, 4) is 0 Å². The number of rotatable bonds is 14. The molecule has 0 aliphatic carbocycles. The van der Waals surface area contributed by atoms with E-state index in [0.29, 0.717) is 6.54 Å². The summed E-state index contributed by atoms with van der Waals surface area (Å²) in [6, 6.07) is 6.02. The molecule has 5 N–H and O–H groups in total. The van der Waals surface area contributed by atoms with Gasteiger partial charge in [0.2, 0.25) is 11.8 Å². The Kier molecular flexibility index (Phi) is 11.6. The Labute approximate surface area is 173 Å². The van der Waals surface area contributed by atoms with Crippen molar-refractivity contribution in [3.63, 3.8) is 0 Å². The van der Waals surface area contributed by atoms with Crippen molar-refractivity contribution in [1.29, 1.82) is 0 Å². The Hall–Kier alpha value is -2.41. The lowest BCUT2D eigenvalue weighted by Gasteiger charge is -2.14. The summed E-state index contributed by atoms with van der Waals surface area (Å²) in [5.41, 5.74) is 7.94. The van der Waals surface area contributed by atoms with Gasteiger partial charge in [0, 0.05) is 6.54 Å². The smallest absolute Gasteiger partial charge is 0.325 e. The molecule has 1 rings (SSSR count). The number of nitrogens with two attached hydrogens (primary N) is 1. The second-order valence-corrected chi connectivity index (χ2v) is 7.49. The van der Waals surface area contributed by atoms with Crippen molar-refractivity contribution >= 4 is 17.8 Å². The minimum atomic E-state index is -1.16. The van der Waals surface area contributed by atoms with E-state index in [9.17, 15) is 14.4 Å². The quantitative estimate of drug-likeness (QED) is 0.354. The molecule has 0 bridgehead atoms. The maximum atomic E-state index is 12.0. The lowest BCUT2D eigenvalue weighted by molar-refractivity contribution is -0.141. The second-order valence-electron chi connectivity index (χ2n) is 7.49. The largest absolute Gasteiger partial charge is 0.480 e. The van der Waals surface area contributed by atoms with Crippen LogP contribution in [0, 0.1) is 0 Å². The molecular formula is C22H35N3O4. The van der Waals surface area contributed by atoms with Crippen LogP contribution >= 0.6 is 0 Å². The van der Waals surface area contributed by atoms with Crippen molar-refractivity contribution in [2.45, 2.75) is 83.8 Å². The fraction of sp³-hybridized carbons (Fsp3) is 0.591. The number of unbranched alkanes of at least 4 members (excludes halogenated alkanes) is 5. The first-order valence-electron chi connectivity index (χ1n) is 10.5. The number of carbonyl (C=O) groups is 3. The van der Waals surface area contributed by atoms with Gasteiger partial charge in [0.1, 0.15) is 6.04 Å². The van der Waals surface area contributed by atoms with E-state index in [-0.39, 0.29) is 12.3 Å². The summed E-state index contributed by atoms with van der Waals surface area (Å²) in [6.45, 7) is 3.91. The van der Waals surface area contributed by atoms with Gasteiger partial charge in [0.05, 0.1) is 12.5 Å². The van der Waals surface area contributed by atoms with Crippen LogP contribution in [-0.2, 0) is 27.3 Å². The van der Waals surface area contributed by atoms with Gasteiger partial charge in [-0.3, -0.25) is 14.4 Å². The Morgan fingerprint density at radius 1 is 1.00 bits per heavy atom. The number of hydrogen-bond acceptors (Lipinski definition) is 4. The molecule has 1 aromatic carbocycles. The van der Waals surface area contributed by atoms with Crippen LogP contribution in [0.15, 0.2) is 24.3 Å². The minimum absolute atomic E-state index is 0.200. The zero-order valence-corrected chi connectivity index (χ0v) is 17.6. The van der Waals surface area contributed by atoms with Crippen molar-refractivity contribution in [2.75, 3.05) is 0 Å². The van der Waals surface area contributed by atoms with Gasteiger partial charge >= 0.3 is 5.97 Å². The van der Waals surface area contributed by atoms with E-state index in [0.717, 1.165) is 12.0 Å². The first-order chi connectivity index (χ1) is 13.8. The van der Waals surface area contributed by atoms with Gasteiger partial charge in [-0.15, -0.1) is 0 Å². The Bertz CT molecular complexity index is 646. The summed E-state index contributed by atoms with van der Waals surface area (Å²) in [5.74, 6) is -2.17. The number of benzene rings is 1. The molecule has 29 heavy (non-hydrogen) atoms. The third kappa shape index (κ3) is 10.6. The van der Waals surface area contributed by atoms with Crippen LogP contribution < -0.4 is 16.4 Å². The van der Waals surface area contributed by atoms with Crippen LogP contribution in [0.3, 0.4) is 0 Å². The average molecular weight is 406 g/mol. The molecule has 2 unspecified atom stereocenters. The molecule has 0 aromatic heterocycles. The van der Waals surface area contributed by atoms with Crippen molar-refractivity contribution in [3.05, 3.63) is 35.4 Å². The van der Waals surface area contributed by atoms with Gasteiger partial charge < -0.3 is 21.5 Å². The molecular weight excluding hydrogens is 370 g/mol. The van der Waals surface area contributed by atoms with Gasteiger partial charge in [-0.25, -0.2) is 0 Å². The molecule has 2 atom stereocenters. The number of nitrogens with one attached hydrogen (secondary N) is 2. The topological polar surface area (TPSA) is 122 Å². The summed E-state index contributed by atoms with van der Waals surface area (Å²) in [5, 5.41) is 13.8. The third-order valence-electron chi connectivity index (χ3n) is 4.80. The fourth-order valence-electron chi connectivity index (χ4n) is 2.88. The molecule has 0 saturated carbocycles.